The highest BCUT2D eigenvalue weighted by molar-refractivity contribution is 5.90. The van der Waals surface area contributed by atoms with E-state index in [0.717, 1.165) is 32.1 Å². The Kier molecular flexibility index (Phi) is 4.62. The highest BCUT2D eigenvalue weighted by Crippen LogP contribution is 2.32. The molecule has 1 heterocycles. The zero-order valence-corrected chi connectivity index (χ0v) is 11.7. The molecule has 2 rings (SSSR count). The number of likely N-dealkylation sites (tertiary alicyclic amines) is 1. The summed E-state index contributed by atoms with van der Waals surface area (Å²) in [5.74, 6) is -2.18. The maximum Gasteiger partial charge on any atom is 0.326 e. The van der Waals surface area contributed by atoms with Gasteiger partial charge in [0.15, 0.2) is 0 Å². The summed E-state index contributed by atoms with van der Waals surface area (Å²) in [7, 11) is 1.28. The van der Waals surface area contributed by atoms with E-state index >= 15 is 0 Å². The van der Waals surface area contributed by atoms with Crippen LogP contribution in [0.3, 0.4) is 0 Å². The summed E-state index contributed by atoms with van der Waals surface area (Å²) in [6.45, 7) is 0.166. The molecule has 2 atom stereocenters. The van der Waals surface area contributed by atoms with Crippen LogP contribution in [0, 0.1) is 11.8 Å². The number of nitrogens with zero attached hydrogens (tertiary/aromatic N) is 1. The van der Waals surface area contributed by atoms with E-state index in [-0.39, 0.29) is 24.8 Å². The first-order chi connectivity index (χ1) is 9.54. The Morgan fingerprint density at radius 3 is 2.50 bits per heavy atom. The van der Waals surface area contributed by atoms with Gasteiger partial charge in [-0.3, -0.25) is 9.59 Å². The molecule has 1 amide bonds. The highest BCUT2D eigenvalue weighted by Gasteiger charge is 2.44. The van der Waals surface area contributed by atoms with Gasteiger partial charge in [0.2, 0.25) is 5.91 Å². The lowest BCUT2D eigenvalue weighted by Gasteiger charge is -2.33. The minimum atomic E-state index is -0.962. The van der Waals surface area contributed by atoms with Crippen molar-refractivity contribution in [3.63, 3.8) is 0 Å². The van der Waals surface area contributed by atoms with Gasteiger partial charge in [0, 0.05) is 13.0 Å². The van der Waals surface area contributed by atoms with Crippen molar-refractivity contribution in [1.82, 2.24) is 4.90 Å². The lowest BCUT2D eigenvalue weighted by Crippen LogP contribution is -2.47. The van der Waals surface area contributed by atoms with Crippen LogP contribution in [0.25, 0.3) is 0 Å². The van der Waals surface area contributed by atoms with E-state index in [1.165, 1.54) is 12.0 Å². The standard InChI is InChI=1S/C14H21NO5/c1-20-14(19)10-7-11(16)15(8-10)12(13(17)18)9-5-3-2-4-6-9/h9-10,12H,2-8H2,1H3,(H,17,18)/t10?,12-/m0/s1. The van der Waals surface area contributed by atoms with Gasteiger partial charge in [-0.15, -0.1) is 0 Å². The molecule has 1 saturated carbocycles. The third-order valence-electron chi connectivity index (χ3n) is 4.38. The largest absolute Gasteiger partial charge is 0.480 e. The molecule has 2 aliphatic rings. The number of carbonyl (C=O) groups is 3. The molecular formula is C14H21NO5. The van der Waals surface area contributed by atoms with Crippen LogP contribution in [-0.4, -0.2) is 47.5 Å². The summed E-state index contributed by atoms with van der Waals surface area (Å²) in [6.07, 6.45) is 4.88. The van der Waals surface area contributed by atoms with Crippen LogP contribution in [0.15, 0.2) is 0 Å². The summed E-state index contributed by atoms with van der Waals surface area (Å²) in [6, 6.07) is -0.794. The van der Waals surface area contributed by atoms with Gasteiger partial charge in [0.25, 0.3) is 0 Å². The molecule has 1 unspecified atom stereocenters. The van der Waals surface area contributed by atoms with Crippen LogP contribution < -0.4 is 0 Å². The average Bonchev–Trinajstić information content (AvgIpc) is 2.81. The van der Waals surface area contributed by atoms with Crippen LogP contribution in [0.2, 0.25) is 0 Å². The molecule has 20 heavy (non-hydrogen) atoms. The molecule has 112 valence electrons. The third-order valence-corrected chi connectivity index (χ3v) is 4.38. The number of carbonyl (C=O) groups excluding carboxylic acids is 2. The highest BCUT2D eigenvalue weighted by atomic mass is 16.5. The summed E-state index contributed by atoms with van der Waals surface area (Å²) < 4.78 is 4.65. The van der Waals surface area contributed by atoms with E-state index < -0.39 is 23.9 Å². The first kappa shape index (κ1) is 14.8. The maximum atomic E-state index is 12.0. The minimum absolute atomic E-state index is 0.00148. The number of ether oxygens (including phenoxy) is 1. The van der Waals surface area contributed by atoms with Gasteiger partial charge in [-0.05, 0) is 18.8 Å². The van der Waals surface area contributed by atoms with Crippen molar-refractivity contribution >= 4 is 17.8 Å². The van der Waals surface area contributed by atoms with Crippen molar-refractivity contribution < 1.29 is 24.2 Å². The van der Waals surface area contributed by atoms with Gasteiger partial charge in [0.05, 0.1) is 13.0 Å². The molecule has 0 aromatic rings. The van der Waals surface area contributed by atoms with E-state index in [2.05, 4.69) is 4.74 Å². The van der Waals surface area contributed by atoms with Crippen LogP contribution in [0.1, 0.15) is 38.5 Å². The van der Waals surface area contributed by atoms with Crippen molar-refractivity contribution in [1.29, 1.82) is 0 Å². The second kappa shape index (κ2) is 6.24. The Bertz CT molecular complexity index is 402. The van der Waals surface area contributed by atoms with E-state index in [1.54, 1.807) is 0 Å². The third kappa shape index (κ3) is 2.94. The molecule has 1 N–H and O–H groups in total. The predicted octanol–water partition coefficient (Wildman–Crippen LogP) is 1.04. The van der Waals surface area contributed by atoms with Crippen molar-refractivity contribution in [3.05, 3.63) is 0 Å². The van der Waals surface area contributed by atoms with Gasteiger partial charge in [-0.2, -0.15) is 0 Å². The monoisotopic (exact) mass is 283 g/mol. The SMILES string of the molecule is COC(=O)C1CC(=O)N([C@H](C(=O)O)C2CCCCC2)C1. The minimum Gasteiger partial charge on any atom is -0.480 e. The quantitative estimate of drug-likeness (QED) is 0.779. The molecule has 0 aromatic heterocycles. The smallest absolute Gasteiger partial charge is 0.326 e. The second-order valence-electron chi connectivity index (χ2n) is 5.65. The molecule has 6 heteroatoms. The van der Waals surface area contributed by atoms with Gasteiger partial charge in [-0.1, -0.05) is 19.3 Å². The van der Waals surface area contributed by atoms with Crippen LogP contribution in [0.5, 0.6) is 0 Å². The van der Waals surface area contributed by atoms with Crippen LogP contribution in [-0.2, 0) is 19.1 Å². The number of amides is 1. The molecule has 6 nitrogen and oxygen atoms in total. The fraction of sp³-hybridized carbons (Fsp3) is 0.786. The van der Waals surface area contributed by atoms with E-state index in [9.17, 15) is 19.5 Å². The second-order valence-corrected chi connectivity index (χ2v) is 5.65. The number of rotatable bonds is 4. The molecule has 0 bridgehead atoms. The first-order valence-electron chi connectivity index (χ1n) is 7.14. The topological polar surface area (TPSA) is 83.9 Å². The van der Waals surface area contributed by atoms with Crippen LogP contribution >= 0.6 is 0 Å². The van der Waals surface area contributed by atoms with Gasteiger partial charge < -0.3 is 14.7 Å². The molecular weight excluding hydrogens is 262 g/mol. The molecule has 1 saturated heterocycles. The predicted molar refractivity (Wildman–Crippen MR) is 69.8 cm³/mol. The van der Waals surface area contributed by atoms with E-state index in [1.807, 2.05) is 0 Å². The lowest BCUT2D eigenvalue weighted by molar-refractivity contribution is -0.151. The average molecular weight is 283 g/mol. The Balaban J connectivity index is 2.11. The lowest BCUT2D eigenvalue weighted by atomic mass is 9.83. The van der Waals surface area contributed by atoms with Crippen LogP contribution in [0.4, 0.5) is 0 Å². The number of carboxylic acid groups (broad SMARTS) is 1. The first-order valence-corrected chi connectivity index (χ1v) is 7.14. The Morgan fingerprint density at radius 1 is 1.30 bits per heavy atom. The van der Waals surface area contributed by atoms with Crippen molar-refractivity contribution in [3.8, 4) is 0 Å². The normalized spacial score (nSPS) is 25.6. The number of carboxylic acids is 1. The molecule has 0 spiro atoms. The van der Waals surface area contributed by atoms with Gasteiger partial charge in [-0.25, -0.2) is 4.79 Å². The van der Waals surface area contributed by atoms with Crippen molar-refractivity contribution in [2.75, 3.05) is 13.7 Å². The fourth-order valence-corrected chi connectivity index (χ4v) is 3.36. The Labute approximate surface area is 118 Å². The molecule has 1 aliphatic carbocycles. The van der Waals surface area contributed by atoms with E-state index in [4.69, 9.17) is 0 Å². The number of hydrogen-bond donors (Lipinski definition) is 1. The Hall–Kier alpha value is -1.59. The summed E-state index contributed by atoms with van der Waals surface area (Å²) in [4.78, 5) is 36.5. The summed E-state index contributed by atoms with van der Waals surface area (Å²) in [5.41, 5.74) is 0. The molecule has 0 radical (unpaired) electrons. The number of methoxy groups -OCH3 is 1. The fourth-order valence-electron chi connectivity index (χ4n) is 3.36. The van der Waals surface area contributed by atoms with Gasteiger partial charge in [0.1, 0.15) is 6.04 Å². The molecule has 2 fully saturated rings. The molecule has 1 aliphatic heterocycles. The summed E-state index contributed by atoms with van der Waals surface area (Å²) >= 11 is 0. The Morgan fingerprint density at radius 2 is 1.95 bits per heavy atom. The zero-order chi connectivity index (χ0) is 14.7. The van der Waals surface area contributed by atoms with Crippen molar-refractivity contribution in [2.24, 2.45) is 11.8 Å². The summed E-state index contributed by atoms with van der Waals surface area (Å²) in [5, 5.41) is 9.48. The van der Waals surface area contributed by atoms with Crippen molar-refractivity contribution in [2.45, 2.75) is 44.6 Å². The maximum absolute atomic E-state index is 12.0. The number of aliphatic carboxylic acids is 1. The van der Waals surface area contributed by atoms with Gasteiger partial charge >= 0.3 is 11.9 Å². The number of hydrogen-bond acceptors (Lipinski definition) is 4. The number of esters is 1. The van der Waals surface area contributed by atoms with E-state index in [0.29, 0.717) is 0 Å². The zero-order valence-electron chi connectivity index (χ0n) is 11.7. The molecule has 0 aromatic carbocycles.